The van der Waals surface area contributed by atoms with Crippen LogP contribution in [0.1, 0.15) is 23.2 Å². The summed E-state index contributed by atoms with van der Waals surface area (Å²) in [6.07, 6.45) is 5.78. The first kappa shape index (κ1) is 10.2. The van der Waals surface area contributed by atoms with Gasteiger partial charge >= 0.3 is 0 Å². The van der Waals surface area contributed by atoms with Gasteiger partial charge in [0, 0.05) is 31.4 Å². The molecule has 1 aromatic heterocycles. The number of amides is 1. The van der Waals surface area contributed by atoms with Crippen molar-refractivity contribution in [2.45, 2.75) is 12.8 Å². The fourth-order valence-electron chi connectivity index (χ4n) is 1.86. The standard InChI is InChI=1S/C11H17N3O/c1-14(8-11(7-12)3-4-11)10(15)9-2-5-13-6-9/h2,5-6,13H,3-4,7-8,12H2,1H3. The summed E-state index contributed by atoms with van der Waals surface area (Å²) in [5.74, 6) is 0.0657. The third-order valence-corrected chi connectivity index (χ3v) is 3.15. The van der Waals surface area contributed by atoms with E-state index in [0.717, 1.165) is 19.4 Å². The summed E-state index contributed by atoms with van der Waals surface area (Å²) in [6.45, 7) is 1.45. The molecule has 82 valence electrons. The number of nitrogens with zero attached hydrogens (tertiary/aromatic N) is 1. The molecule has 0 atom stereocenters. The van der Waals surface area contributed by atoms with Crippen LogP contribution in [0.3, 0.4) is 0 Å². The third kappa shape index (κ3) is 2.04. The van der Waals surface area contributed by atoms with Crippen molar-refractivity contribution in [1.82, 2.24) is 9.88 Å². The highest BCUT2D eigenvalue weighted by Crippen LogP contribution is 2.44. The molecule has 1 aliphatic rings. The van der Waals surface area contributed by atoms with Crippen LogP contribution >= 0.6 is 0 Å². The van der Waals surface area contributed by atoms with E-state index in [1.165, 1.54) is 0 Å². The summed E-state index contributed by atoms with van der Waals surface area (Å²) in [7, 11) is 1.84. The first-order chi connectivity index (χ1) is 7.17. The maximum Gasteiger partial charge on any atom is 0.255 e. The summed E-state index contributed by atoms with van der Waals surface area (Å²) in [5.41, 5.74) is 6.61. The summed E-state index contributed by atoms with van der Waals surface area (Å²) >= 11 is 0. The van der Waals surface area contributed by atoms with Gasteiger partial charge in [0.1, 0.15) is 0 Å². The van der Waals surface area contributed by atoms with Crippen molar-refractivity contribution in [3.63, 3.8) is 0 Å². The van der Waals surface area contributed by atoms with E-state index in [2.05, 4.69) is 4.98 Å². The molecule has 0 aromatic carbocycles. The quantitative estimate of drug-likeness (QED) is 0.768. The minimum atomic E-state index is 0.0657. The Labute approximate surface area is 89.5 Å². The molecule has 3 N–H and O–H groups in total. The predicted octanol–water partition coefficient (Wildman–Crippen LogP) is 0.826. The fraction of sp³-hybridized carbons (Fsp3) is 0.545. The van der Waals surface area contributed by atoms with E-state index in [4.69, 9.17) is 5.73 Å². The van der Waals surface area contributed by atoms with Gasteiger partial charge in [-0.15, -0.1) is 0 Å². The van der Waals surface area contributed by atoms with Gasteiger partial charge in [0.15, 0.2) is 0 Å². The monoisotopic (exact) mass is 207 g/mol. The summed E-state index contributed by atoms with van der Waals surface area (Å²) in [5, 5.41) is 0. The molecule has 1 amide bonds. The second-order valence-corrected chi connectivity index (χ2v) is 4.47. The second-order valence-electron chi connectivity index (χ2n) is 4.47. The normalized spacial score (nSPS) is 17.5. The zero-order chi connectivity index (χ0) is 10.9. The lowest BCUT2D eigenvalue weighted by Crippen LogP contribution is -2.35. The van der Waals surface area contributed by atoms with E-state index in [9.17, 15) is 4.79 Å². The molecule has 1 aliphatic carbocycles. The molecule has 4 heteroatoms. The number of aromatic nitrogens is 1. The zero-order valence-corrected chi connectivity index (χ0v) is 8.99. The number of carbonyl (C=O) groups is 1. The lowest BCUT2D eigenvalue weighted by atomic mass is 10.1. The minimum Gasteiger partial charge on any atom is -0.367 e. The van der Waals surface area contributed by atoms with E-state index < -0.39 is 0 Å². The average molecular weight is 207 g/mol. The van der Waals surface area contributed by atoms with Crippen molar-refractivity contribution in [2.24, 2.45) is 11.1 Å². The topological polar surface area (TPSA) is 62.1 Å². The molecule has 1 aromatic rings. The number of nitrogens with two attached hydrogens (primary N) is 1. The van der Waals surface area contributed by atoms with Crippen molar-refractivity contribution in [3.05, 3.63) is 24.0 Å². The Morgan fingerprint density at radius 1 is 1.67 bits per heavy atom. The van der Waals surface area contributed by atoms with Crippen molar-refractivity contribution < 1.29 is 4.79 Å². The van der Waals surface area contributed by atoms with Crippen molar-refractivity contribution in [1.29, 1.82) is 0 Å². The van der Waals surface area contributed by atoms with Gasteiger partial charge in [-0.3, -0.25) is 4.79 Å². The van der Waals surface area contributed by atoms with Gasteiger partial charge in [0.25, 0.3) is 5.91 Å². The molecule has 15 heavy (non-hydrogen) atoms. The van der Waals surface area contributed by atoms with Crippen LogP contribution in [-0.2, 0) is 0 Å². The van der Waals surface area contributed by atoms with Gasteiger partial charge in [0.2, 0.25) is 0 Å². The number of H-pyrrole nitrogens is 1. The Morgan fingerprint density at radius 3 is 2.87 bits per heavy atom. The van der Waals surface area contributed by atoms with Crippen LogP contribution < -0.4 is 5.73 Å². The lowest BCUT2D eigenvalue weighted by molar-refractivity contribution is 0.0767. The zero-order valence-electron chi connectivity index (χ0n) is 8.99. The van der Waals surface area contributed by atoms with Crippen LogP contribution in [0.15, 0.2) is 18.5 Å². The Bertz CT molecular complexity index is 341. The van der Waals surface area contributed by atoms with E-state index in [1.807, 2.05) is 7.05 Å². The van der Waals surface area contributed by atoms with Crippen LogP contribution in [0.2, 0.25) is 0 Å². The van der Waals surface area contributed by atoms with Crippen LogP contribution in [0.4, 0.5) is 0 Å². The number of nitrogens with one attached hydrogen (secondary N) is 1. The SMILES string of the molecule is CN(CC1(CN)CC1)C(=O)c1cc[nH]c1. The molecule has 2 rings (SSSR count). The second kappa shape index (κ2) is 3.70. The average Bonchev–Trinajstić information content (AvgIpc) is 2.81. The van der Waals surface area contributed by atoms with Crippen LogP contribution in [0.25, 0.3) is 0 Å². The van der Waals surface area contributed by atoms with Gasteiger partial charge in [0.05, 0.1) is 5.56 Å². The van der Waals surface area contributed by atoms with Crippen LogP contribution in [0.5, 0.6) is 0 Å². The predicted molar refractivity (Wildman–Crippen MR) is 58.5 cm³/mol. The largest absolute Gasteiger partial charge is 0.367 e. The van der Waals surface area contributed by atoms with Crippen LogP contribution in [-0.4, -0.2) is 35.9 Å². The molecule has 1 fully saturated rings. The molecule has 0 unspecified atom stereocenters. The highest BCUT2D eigenvalue weighted by Gasteiger charge is 2.42. The number of carbonyl (C=O) groups excluding carboxylic acids is 1. The molecule has 0 saturated heterocycles. The Morgan fingerprint density at radius 2 is 2.40 bits per heavy atom. The van der Waals surface area contributed by atoms with Gasteiger partial charge in [-0.2, -0.15) is 0 Å². The highest BCUT2D eigenvalue weighted by molar-refractivity contribution is 5.93. The van der Waals surface area contributed by atoms with Crippen molar-refractivity contribution >= 4 is 5.91 Å². The minimum absolute atomic E-state index is 0.0657. The number of hydrogen-bond donors (Lipinski definition) is 2. The van der Waals surface area contributed by atoms with E-state index in [-0.39, 0.29) is 11.3 Å². The van der Waals surface area contributed by atoms with Gasteiger partial charge < -0.3 is 15.6 Å². The first-order valence-corrected chi connectivity index (χ1v) is 5.25. The molecule has 1 heterocycles. The van der Waals surface area contributed by atoms with Crippen molar-refractivity contribution in [2.75, 3.05) is 20.1 Å². The van der Waals surface area contributed by atoms with Crippen molar-refractivity contribution in [3.8, 4) is 0 Å². The highest BCUT2D eigenvalue weighted by atomic mass is 16.2. The van der Waals surface area contributed by atoms with Crippen LogP contribution in [0, 0.1) is 5.41 Å². The summed E-state index contributed by atoms with van der Waals surface area (Å²) < 4.78 is 0. The Balaban J connectivity index is 1.97. The molecule has 0 spiro atoms. The molecule has 0 radical (unpaired) electrons. The molecular formula is C11H17N3O. The van der Waals surface area contributed by atoms with Gasteiger partial charge in [-0.1, -0.05) is 0 Å². The molecule has 0 aliphatic heterocycles. The number of rotatable bonds is 4. The Kier molecular flexibility index (Phi) is 2.52. The maximum absolute atomic E-state index is 11.9. The molecule has 1 saturated carbocycles. The van der Waals surface area contributed by atoms with Gasteiger partial charge in [-0.05, 0) is 25.5 Å². The fourth-order valence-corrected chi connectivity index (χ4v) is 1.86. The van der Waals surface area contributed by atoms with E-state index >= 15 is 0 Å². The van der Waals surface area contributed by atoms with Gasteiger partial charge in [-0.25, -0.2) is 0 Å². The summed E-state index contributed by atoms with van der Waals surface area (Å²) in [4.78, 5) is 16.5. The summed E-state index contributed by atoms with van der Waals surface area (Å²) in [6, 6.07) is 1.79. The maximum atomic E-state index is 11.9. The lowest BCUT2D eigenvalue weighted by Gasteiger charge is -2.22. The van der Waals surface area contributed by atoms with E-state index in [1.54, 1.807) is 23.4 Å². The smallest absolute Gasteiger partial charge is 0.255 e. The number of hydrogen-bond acceptors (Lipinski definition) is 2. The molecular weight excluding hydrogens is 190 g/mol. The Hall–Kier alpha value is -1.29. The number of aromatic amines is 1. The molecule has 4 nitrogen and oxygen atoms in total. The third-order valence-electron chi connectivity index (χ3n) is 3.15. The molecule has 0 bridgehead atoms. The van der Waals surface area contributed by atoms with E-state index in [0.29, 0.717) is 12.1 Å². The first-order valence-electron chi connectivity index (χ1n) is 5.25.